The number of fused-ring (bicyclic) bond motifs is 1. The summed E-state index contributed by atoms with van der Waals surface area (Å²) in [5.41, 5.74) is 0. The molecule has 1 saturated heterocycles. The molecule has 1 heterocycles. The van der Waals surface area contributed by atoms with Crippen LogP contribution < -0.4 is 4.74 Å². The van der Waals surface area contributed by atoms with Crippen molar-refractivity contribution in [3.8, 4) is 5.75 Å². The Morgan fingerprint density at radius 2 is 1.71 bits per heavy atom. The standard InChI is InChI=1S/C15H15BrO5/c16-10-3-1-9-6-11(4-2-8(9)5-10)21-15-14(19)13(18)12(17)7-20-15/h1-6,12-15,17-19H,7H2/t12-,13-,14?,15+/m1/s1. The molecule has 3 N–H and O–H groups in total. The van der Waals surface area contributed by atoms with Crippen molar-refractivity contribution < 1.29 is 24.8 Å². The molecular weight excluding hydrogens is 340 g/mol. The number of benzene rings is 2. The third kappa shape index (κ3) is 3.04. The van der Waals surface area contributed by atoms with Crippen LogP contribution >= 0.6 is 15.9 Å². The number of aliphatic hydroxyl groups excluding tert-OH is 3. The van der Waals surface area contributed by atoms with Gasteiger partial charge in [0.05, 0.1) is 6.61 Å². The number of ether oxygens (including phenoxy) is 2. The van der Waals surface area contributed by atoms with Gasteiger partial charge in [0.15, 0.2) is 0 Å². The van der Waals surface area contributed by atoms with Crippen molar-refractivity contribution in [2.75, 3.05) is 6.61 Å². The Morgan fingerprint density at radius 3 is 2.52 bits per heavy atom. The van der Waals surface area contributed by atoms with Gasteiger partial charge < -0.3 is 24.8 Å². The summed E-state index contributed by atoms with van der Waals surface area (Å²) in [6.07, 6.45) is -4.68. The summed E-state index contributed by atoms with van der Waals surface area (Å²) >= 11 is 3.41. The molecule has 5 nitrogen and oxygen atoms in total. The molecule has 0 amide bonds. The highest BCUT2D eigenvalue weighted by Crippen LogP contribution is 2.26. The quantitative estimate of drug-likeness (QED) is 0.760. The molecule has 4 atom stereocenters. The van der Waals surface area contributed by atoms with Gasteiger partial charge in [0.2, 0.25) is 6.29 Å². The topological polar surface area (TPSA) is 79.2 Å². The molecule has 0 aromatic heterocycles. The summed E-state index contributed by atoms with van der Waals surface area (Å²) in [6.45, 7) is -0.0799. The van der Waals surface area contributed by atoms with E-state index in [2.05, 4.69) is 15.9 Å². The highest BCUT2D eigenvalue weighted by atomic mass is 79.9. The van der Waals surface area contributed by atoms with Gasteiger partial charge in [-0.25, -0.2) is 0 Å². The molecule has 3 rings (SSSR count). The van der Waals surface area contributed by atoms with Crippen molar-refractivity contribution >= 4 is 26.7 Å². The first-order valence-corrected chi connectivity index (χ1v) is 7.36. The van der Waals surface area contributed by atoms with Gasteiger partial charge in [-0.05, 0) is 35.0 Å². The molecule has 1 fully saturated rings. The number of aliphatic hydroxyl groups is 3. The molecule has 2 aromatic rings. The van der Waals surface area contributed by atoms with E-state index < -0.39 is 24.6 Å². The van der Waals surface area contributed by atoms with Crippen LogP contribution in [0.2, 0.25) is 0 Å². The largest absolute Gasteiger partial charge is 0.462 e. The van der Waals surface area contributed by atoms with Gasteiger partial charge in [0.25, 0.3) is 0 Å². The maximum atomic E-state index is 9.85. The molecule has 0 radical (unpaired) electrons. The highest BCUT2D eigenvalue weighted by molar-refractivity contribution is 9.10. The summed E-state index contributed by atoms with van der Waals surface area (Å²) in [6, 6.07) is 11.4. The van der Waals surface area contributed by atoms with Crippen LogP contribution in [0.3, 0.4) is 0 Å². The number of rotatable bonds is 2. The van der Waals surface area contributed by atoms with Crippen molar-refractivity contribution in [3.05, 3.63) is 40.9 Å². The van der Waals surface area contributed by atoms with E-state index in [0.29, 0.717) is 5.75 Å². The maximum Gasteiger partial charge on any atom is 0.228 e. The summed E-state index contributed by atoms with van der Waals surface area (Å²) in [5.74, 6) is 0.525. The van der Waals surface area contributed by atoms with Crippen molar-refractivity contribution in [1.29, 1.82) is 0 Å². The predicted octanol–water partition coefficient (Wildman–Crippen LogP) is 1.42. The van der Waals surface area contributed by atoms with Crippen molar-refractivity contribution in [1.82, 2.24) is 0 Å². The first-order chi connectivity index (χ1) is 10.0. The van der Waals surface area contributed by atoms with Crippen LogP contribution in [0.4, 0.5) is 0 Å². The van der Waals surface area contributed by atoms with Crippen LogP contribution in [-0.2, 0) is 4.74 Å². The average molecular weight is 355 g/mol. The lowest BCUT2D eigenvalue weighted by molar-refractivity contribution is -0.242. The third-order valence-corrected chi connectivity index (χ3v) is 3.97. The Kier molecular flexibility index (Phi) is 4.14. The number of hydrogen-bond acceptors (Lipinski definition) is 5. The van der Waals surface area contributed by atoms with Crippen LogP contribution in [0.5, 0.6) is 5.75 Å². The second-order valence-corrected chi connectivity index (χ2v) is 5.94. The minimum atomic E-state index is -1.30. The number of hydrogen-bond donors (Lipinski definition) is 3. The minimum Gasteiger partial charge on any atom is -0.462 e. The van der Waals surface area contributed by atoms with Gasteiger partial charge in [-0.1, -0.05) is 28.1 Å². The van der Waals surface area contributed by atoms with Crippen LogP contribution in [0.1, 0.15) is 0 Å². The molecule has 0 spiro atoms. The van der Waals surface area contributed by atoms with Gasteiger partial charge in [0.1, 0.15) is 24.1 Å². The van der Waals surface area contributed by atoms with E-state index in [1.807, 2.05) is 30.3 Å². The molecule has 0 aliphatic carbocycles. The van der Waals surface area contributed by atoms with E-state index in [-0.39, 0.29) is 6.61 Å². The van der Waals surface area contributed by atoms with E-state index >= 15 is 0 Å². The van der Waals surface area contributed by atoms with E-state index in [1.165, 1.54) is 0 Å². The van der Waals surface area contributed by atoms with E-state index in [1.54, 1.807) is 6.07 Å². The summed E-state index contributed by atoms with van der Waals surface area (Å²) in [4.78, 5) is 0. The van der Waals surface area contributed by atoms with E-state index in [0.717, 1.165) is 15.2 Å². The normalized spacial score (nSPS) is 29.5. The van der Waals surface area contributed by atoms with Crippen LogP contribution in [0.25, 0.3) is 10.8 Å². The second-order valence-electron chi connectivity index (χ2n) is 5.02. The summed E-state index contributed by atoms with van der Waals surface area (Å²) in [7, 11) is 0. The zero-order valence-electron chi connectivity index (χ0n) is 11.0. The lowest BCUT2D eigenvalue weighted by Gasteiger charge is -2.34. The predicted molar refractivity (Wildman–Crippen MR) is 80.0 cm³/mol. The molecular formula is C15H15BrO5. The van der Waals surface area contributed by atoms with E-state index in [9.17, 15) is 15.3 Å². The van der Waals surface area contributed by atoms with Gasteiger partial charge in [0, 0.05) is 4.47 Å². The monoisotopic (exact) mass is 354 g/mol. The maximum absolute atomic E-state index is 9.85. The fraction of sp³-hybridized carbons (Fsp3) is 0.333. The van der Waals surface area contributed by atoms with Crippen molar-refractivity contribution in [3.63, 3.8) is 0 Å². The van der Waals surface area contributed by atoms with Crippen LogP contribution in [0, 0.1) is 0 Å². The summed E-state index contributed by atoms with van der Waals surface area (Å²) < 4.78 is 11.8. The van der Waals surface area contributed by atoms with Gasteiger partial charge in [-0.2, -0.15) is 0 Å². The molecule has 6 heteroatoms. The third-order valence-electron chi connectivity index (χ3n) is 3.48. The highest BCUT2D eigenvalue weighted by Gasteiger charge is 2.38. The van der Waals surface area contributed by atoms with Crippen LogP contribution in [-0.4, -0.2) is 46.5 Å². The molecule has 1 unspecified atom stereocenters. The van der Waals surface area contributed by atoms with Crippen molar-refractivity contribution in [2.45, 2.75) is 24.6 Å². The molecule has 1 aliphatic heterocycles. The van der Waals surface area contributed by atoms with Gasteiger partial charge in [-0.3, -0.25) is 0 Å². The minimum absolute atomic E-state index is 0.0799. The molecule has 2 aromatic carbocycles. The molecule has 21 heavy (non-hydrogen) atoms. The van der Waals surface area contributed by atoms with E-state index in [4.69, 9.17) is 9.47 Å². The molecule has 0 saturated carbocycles. The SMILES string of the molecule is OC1[C@H](Oc2ccc3cc(Br)ccc3c2)OC[C@@H](O)[C@H]1O. The first kappa shape index (κ1) is 14.7. The lowest BCUT2D eigenvalue weighted by Crippen LogP contribution is -2.54. The Morgan fingerprint density at radius 1 is 1.00 bits per heavy atom. The molecule has 0 bridgehead atoms. The summed E-state index contributed by atoms with van der Waals surface area (Å²) in [5, 5.41) is 30.9. The van der Waals surface area contributed by atoms with Gasteiger partial charge >= 0.3 is 0 Å². The number of halogens is 1. The Hall–Kier alpha value is -1.18. The van der Waals surface area contributed by atoms with Crippen LogP contribution in [0.15, 0.2) is 40.9 Å². The Balaban J connectivity index is 1.80. The lowest BCUT2D eigenvalue weighted by atomic mass is 10.1. The zero-order valence-corrected chi connectivity index (χ0v) is 12.6. The van der Waals surface area contributed by atoms with Crippen molar-refractivity contribution in [2.24, 2.45) is 0 Å². The second kappa shape index (κ2) is 5.90. The smallest absolute Gasteiger partial charge is 0.228 e. The zero-order chi connectivity index (χ0) is 15.0. The average Bonchev–Trinajstić information content (AvgIpc) is 2.48. The van der Waals surface area contributed by atoms with Gasteiger partial charge in [-0.15, -0.1) is 0 Å². The first-order valence-electron chi connectivity index (χ1n) is 6.56. The molecule has 1 aliphatic rings. The fourth-order valence-electron chi connectivity index (χ4n) is 2.29. The fourth-order valence-corrected chi connectivity index (χ4v) is 2.66. The Bertz CT molecular complexity index is 647. The Labute approximate surface area is 129 Å². The molecule has 112 valence electrons.